The smallest absolute Gasteiger partial charge is 0.759 e. The molecule has 0 aliphatic rings. The Morgan fingerprint density at radius 1 is 1.17 bits per heavy atom. The zero-order valence-electron chi connectivity index (χ0n) is 2.45. The maximum atomic E-state index is 8.52. The van der Waals surface area contributed by atoms with Crippen molar-refractivity contribution in [3.05, 3.63) is 0 Å². The van der Waals surface area contributed by atoms with Gasteiger partial charge in [0.1, 0.15) is 0 Å². The van der Waals surface area contributed by atoms with E-state index in [1.54, 1.807) is 0 Å². The molecular weight excluding hydrogens is 224 g/mol. The van der Waals surface area contributed by atoms with E-state index in [4.69, 9.17) is 17.5 Å². The minimum Gasteiger partial charge on any atom is -0.759 e. The summed E-state index contributed by atoms with van der Waals surface area (Å²) in [4.78, 5) is 0. The second-order valence-electron chi connectivity index (χ2n) is 0.408. The fourth-order valence-corrected chi connectivity index (χ4v) is 0. The second kappa shape index (κ2) is 2.77. The van der Waals surface area contributed by atoms with Crippen LogP contribution in [0.1, 0.15) is 0 Å². The van der Waals surface area contributed by atoms with E-state index < -0.39 is 10.4 Å². The number of rotatable bonds is 0. The molecule has 0 aromatic heterocycles. The summed E-state index contributed by atoms with van der Waals surface area (Å²) in [5.41, 5.74) is 0. The quantitative estimate of drug-likeness (QED) is 0.278. The van der Waals surface area contributed by atoms with Crippen LogP contribution in [0.5, 0.6) is 0 Å². The van der Waals surface area contributed by atoms with E-state index in [0.717, 1.165) is 0 Å². The number of hydrogen-bond acceptors (Lipinski definition) is 4. The van der Waals surface area contributed by atoms with Crippen LogP contribution >= 0.6 is 0 Å². The van der Waals surface area contributed by atoms with E-state index in [-0.39, 0.29) is 23.7 Å². The van der Waals surface area contributed by atoms with Gasteiger partial charge in [0.25, 0.3) is 0 Å². The molecule has 0 saturated heterocycles. The van der Waals surface area contributed by atoms with Crippen molar-refractivity contribution in [2.45, 2.75) is 0 Å². The van der Waals surface area contributed by atoms with Crippen molar-refractivity contribution in [1.29, 1.82) is 0 Å². The van der Waals surface area contributed by atoms with Crippen molar-refractivity contribution in [3.63, 3.8) is 0 Å². The van der Waals surface area contributed by atoms with Crippen LogP contribution in [0.3, 0.4) is 0 Å². The first-order chi connectivity index (χ1) is 2.00. The molecule has 0 aliphatic carbocycles. The van der Waals surface area contributed by atoms with Gasteiger partial charge in [-0.3, -0.25) is 8.42 Å². The SMILES string of the molecule is O=S(=O)([O-])[O-].[Te+2]. The van der Waals surface area contributed by atoms with Gasteiger partial charge < -0.3 is 9.11 Å². The molecule has 0 spiro atoms. The van der Waals surface area contributed by atoms with Crippen molar-refractivity contribution in [2.24, 2.45) is 0 Å². The molecule has 0 aliphatic heterocycles. The van der Waals surface area contributed by atoms with Crippen LogP contribution in [0, 0.1) is 0 Å². The average Bonchev–Trinajstić information content (AvgIpc) is 0.722. The van der Waals surface area contributed by atoms with Crippen LogP contribution in [-0.2, 0) is 10.4 Å². The molecule has 4 radical (unpaired) electrons. The van der Waals surface area contributed by atoms with Crippen LogP contribution in [0.2, 0.25) is 0 Å². The third kappa shape index (κ3) is 143. The van der Waals surface area contributed by atoms with Crippen LogP contribution in [-0.4, -0.2) is 41.2 Å². The third-order valence-electron chi connectivity index (χ3n) is 0. The first-order valence-electron chi connectivity index (χ1n) is 0.667. The Bertz CT molecular complexity index is 90.7. The van der Waals surface area contributed by atoms with Gasteiger partial charge >= 0.3 is 23.7 Å². The molecule has 0 heterocycles. The molecule has 4 nitrogen and oxygen atoms in total. The Kier molecular flexibility index (Phi) is 4.54. The Hall–Kier alpha value is 0.660. The summed E-state index contributed by atoms with van der Waals surface area (Å²) in [5.74, 6) is 0. The number of hydrogen-bond donors (Lipinski definition) is 0. The van der Waals surface area contributed by atoms with Crippen molar-refractivity contribution < 1.29 is 17.5 Å². The summed E-state index contributed by atoms with van der Waals surface area (Å²) in [6.07, 6.45) is 0. The maximum absolute atomic E-state index is 8.52. The van der Waals surface area contributed by atoms with Gasteiger partial charge in [-0.1, -0.05) is 0 Å². The molecule has 0 aromatic rings. The molecule has 36 valence electrons. The summed E-state index contributed by atoms with van der Waals surface area (Å²) in [5, 5.41) is 0. The average molecular weight is 224 g/mol. The van der Waals surface area contributed by atoms with Crippen LogP contribution < -0.4 is 0 Å². The fourth-order valence-electron chi connectivity index (χ4n) is 0. The predicted molar refractivity (Wildman–Crippen MR) is 16.2 cm³/mol. The second-order valence-corrected chi connectivity index (χ2v) is 1.22. The van der Waals surface area contributed by atoms with E-state index >= 15 is 0 Å². The van der Waals surface area contributed by atoms with Crippen LogP contribution in [0.15, 0.2) is 0 Å². The van der Waals surface area contributed by atoms with Crippen LogP contribution in [0.4, 0.5) is 0 Å². The zero-order valence-corrected chi connectivity index (χ0v) is 5.60. The topological polar surface area (TPSA) is 80.3 Å². The molecule has 0 aromatic carbocycles. The van der Waals surface area contributed by atoms with Gasteiger partial charge in [-0.25, -0.2) is 0 Å². The van der Waals surface area contributed by atoms with E-state index in [1.807, 2.05) is 0 Å². The van der Waals surface area contributed by atoms with E-state index in [1.165, 1.54) is 0 Å². The van der Waals surface area contributed by atoms with Crippen molar-refractivity contribution in [2.75, 3.05) is 0 Å². The molecule has 0 N–H and O–H groups in total. The minimum atomic E-state index is -5.17. The molecule has 0 amide bonds. The first kappa shape index (κ1) is 9.82. The summed E-state index contributed by atoms with van der Waals surface area (Å²) in [7, 11) is -5.17. The predicted octanol–water partition coefficient (Wildman–Crippen LogP) is -1.72. The van der Waals surface area contributed by atoms with Gasteiger partial charge in [0.05, 0.1) is 0 Å². The van der Waals surface area contributed by atoms with E-state index in [2.05, 4.69) is 0 Å². The molecule has 0 atom stereocenters. The first-order valence-corrected chi connectivity index (χ1v) is 2.00. The van der Waals surface area contributed by atoms with Crippen molar-refractivity contribution in [3.8, 4) is 0 Å². The molecule has 0 bridgehead atoms. The van der Waals surface area contributed by atoms with Gasteiger partial charge in [0.2, 0.25) is 0 Å². The summed E-state index contributed by atoms with van der Waals surface area (Å²) in [6, 6.07) is 0. The molecule has 6 heavy (non-hydrogen) atoms. The molecular formula is O4STe. The molecule has 0 saturated carbocycles. The van der Waals surface area contributed by atoms with E-state index in [9.17, 15) is 0 Å². The molecule has 6 heteroatoms. The summed E-state index contributed by atoms with van der Waals surface area (Å²) >= 11 is 0. The molecule has 0 rings (SSSR count). The van der Waals surface area contributed by atoms with Crippen molar-refractivity contribution in [1.82, 2.24) is 0 Å². The maximum Gasteiger partial charge on any atom is 2.00 e. The Balaban J connectivity index is 0. The summed E-state index contributed by atoms with van der Waals surface area (Å²) < 4.78 is 34.1. The third-order valence-corrected chi connectivity index (χ3v) is 0. The largest absolute Gasteiger partial charge is 2.00 e. The Labute approximate surface area is 51.9 Å². The van der Waals surface area contributed by atoms with Gasteiger partial charge in [-0.15, -0.1) is 0 Å². The standard InChI is InChI=1S/H2O4S.Te/c1-5(2,3)4;/h(H2,1,2,3,4);/q;+2/p-2. The Morgan fingerprint density at radius 3 is 1.17 bits per heavy atom. The molecule has 0 unspecified atom stereocenters. The molecule has 0 fully saturated rings. The van der Waals surface area contributed by atoms with Crippen LogP contribution in [0.25, 0.3) is 0 Å². The van der Waals surface area contributed by atoms with Crippen molar-refractivity contribution >= 4 is 34.1 Å². The normalized spacial score (nSPS) is 9.67. The Morgan fingerprint density at radius 2 is 1.17 bits per heavy atom. The van der Waals surface area contributed by atoms with E-state index in [0.29, 0.717) is 0 Å². The monoisotopic (exact) mass is 226 g/mol. The zero-order chi connectivity index (χ0) is 4.50. The fraction of sp³-hybridized carbons (Fsp3) is 0. The van der Waals surface area contributed by atoms with Gasteiger partial charge in [0.15, 0.2) is 0 Å². The van der Waals surface area contributed by atoms with Gasteiger partial charge in [-0.2, -0.15) is 0 Å². The minimum absolute atomic E-state index is 0. The van der Waals surface area contributed by atoms with Gasteiger partial charge in [-0.05, 0) is 0 Å². The van der Waals surface area contributed by atoms with Gasteiger partial charge in [0, 0.05) is 10.4 Å². The summed E-state index contributed by atoms with van der Waals surface area (Å²) in [6.45, 7) is 0.